The van der Waals surface area contributed by atoms with Gasteiger partial charge in [0.2, 0.25) is 0 Å². The van der Waals surface area contributed by atoms with Crippen molar-refractivity contribution in [2.24, 2.45) is 5.92 Å². The third-order valence-corrected chi connectivity index (χ3v) is 3.18. The minimum atomic E-state index is 0.646. The van der Waals surface area contributed by atoms with Gasteiger partial charge < -0.3 is 5.32 Å². The largest absolute Gasteiger partial charge is 0.310 e. The molecule has 13 heavy (non-hydrogen) atoms. The molecule has 2 heteroatoms. The van der Waals surface area contributed by atoms with Gasteiger partial charge in [0.25, 0.3) is 0 Å². The summed E-state index contributed by atoms with van der Waals surface area (Å²) >= 11 is 5.45. The van der Waals surface area contributed by atoms with Crippen LogP contribution in [0.4, 0.5) is 0 Å². The van der Waals surface area contributed by atoms with Gasteiger partial charge in [0.05, 0.1) is 0 Å². The predicted octanol–water partition coefficient (Wildman–Crippen LogP) is 3.30. The minimum Gasteiger partial charge on any atom is -0.310 e. The molecule has 1 fully saturated rings. The zero-order valence-corrected chi connectivity index (χ0v) is 9.19. The Hall–Kier alpha value is -0.0100. The summed E-state index contributed by atoms with van der Waals surface area (Å²) in [6, 6.07) is 0.646. The standard InChI is InChI=1S/C11H20ClN/c1-10(13-9-5-8-12)11-6-3-2-4-7-11/h5,8,10-11,13H,2-4,6-7,9H2,1H3/b8-5+. The van der Waals surface area contributed by atoms with E-state index in [-0.39, 0.29) is 0 Å². The molecule has 0 aromatic rings. The van der Waals surface area contributed by atoms with E-state index >= 15 is 0 Å². The Morgan fingerprint density at radius 2 is 2.08 bits per heavy atom. The molecule has 1 atom stereocenters. The van der Waals surface area contributed by atoms with Gasteiger partial charge in [-0.2, -0.15) is 0 Å². The molecule has 76 valence electrons. The lowest BCUT2D eigenvalue weighted by molar-refractivity contribution is 0.287. The minimum absolute atomic E-state index is 0.646. The van der Waals surface area contributed by atoms with E-state index in [2.05, 4.69) is 12.2 Å². The Morgan fingerprint density at radius 1 is 1.38 bits per heavy atom. The van der Waals surface area contributed by atoms with E-state index < -0.39 is 0 Å². The van der Waals surface area contributed by atoms with Crippen molar-refractivity contribution in [3.05, 3.63) is 11.6 Å². The molecule has 1 rings (SSSR count). The van der Waals surface area contributed by atoms with Gasteiger partial charge in [-0.1, -0.05) is 36.9 Å². The Bertz CT molecular complexity index is 150. The molecule has 1 saturated carbocycles. The van der Waals surface area contributed by atoms with Gasteiger partial charge in [-0.05, 0) is 25.7 Å². The summed E-state index contributed by atoms with van der Waals surface area (Å²) in [6.07, 6.45) is 9.03. The zero-order chi connectivity index (χ0) is 9.52. The summed E-state index contributed by atoms with van der Waals surface area (Å²) in [4.78, 5) is 0. The second kappa shape index (κ2) is 6.44. The summed E-state index contributed by atoms with van der Waals surface area (Å²) < 4.78 is 0. The molecule has 1 aliphatic carbocycles. The summed E-state index contributed by atoms with van der Waals surface area (Å²) in [7, 11) is 0. The maximum atomic E-state index is 5.45. The molecule has 0 saturated heterocycles. The fourth-order valence-corrected chi connectivity index (χ4v) is 2.19. The highest BCUT2D eigenvalue weighted by Crippen LogP contribution is 2.26. The topological polar surface area (TPSA) is 12.0 Å². The van der Waals surface area contributed by atoms with Gasteiger partial charge in [-0.15, -0.1) is 0 Å². The quantitative estimate of drug-likeness (QED) is 0.736. The van der Waals surface area contributed by atoms with Crippen molar-refractivity contribution in [1.82, 2.24) is 5.32 Å². The van der Waals surface area contributed by atoms with Crippen LogP contribution in [0.5, 0.6) is 0 Å². The van der Waals surface area contributed by atoms with E-state index in [4.69, 9.17) is 11.6 Å². The van der Waals surface area contributed by atoms with Crippen LogP contribution in [-0.2, 0) is 0 Å². The molecule has 1 aliphatic rings. The molecule has 1 unspecified atom stereocenters. The summed E-state index contributed by atoms with van der Waals surface area (Å²) in [5, 5.41) is 3.48. The Morgan fingerprint density at radius 3 is 2.69 bits per heavy atom. The maximum Gasteiger partial charge on any atom is 0.0149 e. The van der Waals surface area contributed by atoms with Crippen molar-refractivity contribution in [3.63, 3.8) is 0 Å². The highest BCUT2D eigenvalue weighted by Gasteiger charge is 2.18. The summed E-state index contributed by atoms with van der Waals surface area (Å²) in [5.74, 6) is 0.887. The van der Waals surface area contributed by atoms with Gasteiger partial charge in [0, 0.05) is 18.1 Å². The van der Waals surface area contributed by atoms with Crippen molar-refractivity contribution in [2.75, 3.05) is 6.54 Å². The van der Waals surface area contributed by atoms with E-state index in [0.717, 1.165) is 12.5 Å². The lowest BCUT2D eigenvalue weighted by Crippen LogP contribution is -2.34. The third kappa shape index (κ3) is 4.15. The molecule has 0 heterocycles. The number of nitrogens with one attached hydrogen (secondary N) is 1. The van der Waals surface area contributed by atoms with E-state index in [1.165, 1.54) is 32.1 Å². The zero-order valence-electron chi connectivity index (χ0n) is 8.43. The molecule has 0 aliphatic heterocycles. The smallest absolute Gasteiger partial charge is 0.0149 e. The maximum absolute atomic E-state index is 5.45. The molecule has 0 aromatic heterocycles. The Labute approximate surface area is 86.5 Å². The van der Waals surface area contributed by atoms with E-state index in [9.17, 15) is 0 Å². The lowest BCUT2D eigenvalue weighted by Gasteiger charge is -2.28. The van der Waals surface area contributed by atoms with Crippen LogP contribution in [0.15, 0.2) is 11.6 Å². The highest BCUT2D eigenvalue weighted by molar-refractivity contribution is 6.25. The van der Waals surface area contributed by atoms with Gasteiger partial charge >= 0.3 is 0 Å². The van der Waals surface area contributed by atoms with Crippen molar-refractivity contribution < 1.29 is 0 Å². The number of rotatable bonds is 4. The first-order chi connectivity index (χ1) is 6.34. The van der Waals surface area contributed by atoms with Crippen molar-refractivity contribution in [3.8, 4) is 0 Å². The van der Waals surface area contributed by atoms with Crippen LogP contribution in [0.2, 0.25) is 0 Å². The second-order valence-electron chi connectivity index (χ2n) is 3.96. The van der Waals surface area contributed by atoms with Crippen LogP contribution in [-0.4, -0.2) is 12.6 Å². The first kappa shape index (κ1) is 11.1. The second-order valence-corrected chi connectivity index (χ2v) is 4.21. The van der Waals surface area contributed by atoms with Gasteiger partial charge in [-0.3, -0.25) is 0 Å². The average molecular weight is 202 g/mol. The van der Waals surface area contributed by atoms with Gasteiger partial charge in [-0.25, -0.2) is 0 Å². The molecule has 1 N–H and O–H groups in total. The Balaban J connectivity index is 2.16. The molecule has 0 radical (unpaired) electrons. The predicted molar refractivity (Wildman–Crippen MR) is 59.0 cm³/mol. The molecule has 0 aromatic carbocycles. The summed E-state index contributed by atoms with van der Waals surface area (Å²) in [6.45, 7) is 3.19. The van der Waals surface area contributed by atoms with E-state index in [1.807, 2.05) is 6.08 Å². The van der Waals surface area contributed by atoms with Crippen LogP contribution in [0.25, 0.3) is 0 Å². The molecular formula is C11H20ClN. The summed E-state index contributed by atoms with van der Waals surface area (Å²) in [5.41, 5.74) is 1.58. The van der Waals surface area contributed by atoms with Crippen molar-refractivity contribution in [2.45, 2.75) is 45.1 Å². The number of halogens is 1. The van der Waals surface area contributed by atoms with Crippen molar-refractivity contribution >= 4 is 11.6 Å². The monoisotopic (exact) mass is 201 g/mol. The van der Waals surface area contributed by atoms with Crippen LogP contribution in [0.3, 0.4) is 0 Å². The van der Waals surface area contributed by atoms with Crippen LogP contribution in [0, 0.1) is 5.92 Å². The molecular weight excluding hydrogens is 182 g/mol. The van der Waals surface area contributed by atoms with Gasteiger partial charge in [0.1, 0.15) is 0 Å². The lowest BCUT2D eigenvalue weighted by atomic mass is 9.84. The SMILES string of the molecule is CC(NC/C=C/Cl)C1CCCCC1. The molecule has 1 nitrogen and oxygen atoms in total. The average Bonchev–Trinajstić information content (AvgIpc) is 2.19. The van der Waals surface area contributed by atoms with Crippen LogP contribution >= 0.6 is 11.6 Å². The Kier molecular flexibility index (Phi) is 5.49. The highest BCUT2D eigenvalue weighted by atomic mass is 35.5. The van der Waals surface area contributed by atoms with Crippen molar-refractivity contribution in [1.29, 1.82) is 0 Å². The fourth-order valence-electron chi connectivity index (χ4n) is 2.10. The molecule has 0 spiro atoms. The molecule has 0 bridgehead atoms. The van der Waals surface area contributed by atoms with E-state index in [0.29, 0.717) is 6.04 Å². The van der Waals surface area contributed by atoms with E-state index in [1.54, 1.807) is 5.54 Å². The first-order valence-corrected chi connectivity index (χ1v) is 5.77. The first-order valence-electron chi connectivity index (χ1n) is 5.33. The normalized spacial score (nSPS) is 22.3. The third-order valence-electron chi connectivity index (χ3n) is 3.00. The number of hydrogen-bond acceptors (Lipinski definition) is 1. The molecule has 0 amide bonds. The van der Waals surface area contributed by atoms with Gasteiger partial charge in [0.15, 0.2) is 0 Å². The van der Waals surface area contributed by atoms with Crippen LogP contribution < -0.4 is 5.32 Å². The number of hydrogen-bond donors (Lipinski definition) is 1. The van der Waals surface area contributed by atoms with Crippen LogP contribution in [0.1, 0.15) is 39.0 Å². The fraction of sp³-hybridized carbons (Fsp3) is 0.818.